The topological polar surface area (TPSA) is 131 Å². The zero-order chi connectivity index (χ0) is 40.1. The molecule has 3 aromatic rings. The minimum Gasteiger partial charge on any atom is -0.497 e. The van der Waals surface area contributed by atoms with E-state index < -0.39 is 59.6 Å². The van der Waals surface area contributed by atoms with Gasteiger partial charge in [0, 0.05) is 18.9 Å². The van der Waals surface area contributed by atoms with Gasteiger partial charge in [-0.25, -0.2) is 14.6 Å². The number of imide groups is 1. The maximum atomic E-state index is 14.3. The molecule has 1 aliphatic carbocycles. The number of likely N-dealkylation sites (N-methyl/N-ethyl adjacent to an activating group) is 1. The molecule has 5 rings (SSSR count). The van der Waals surface area contributed by atoms with E-state index in [4.69, 9.17) is 14.2 Å². The number of hydrogen-bond acceptors (Lipinski definition) is 8. The van der Waals surface area contributed by atoms with Crippen LogP contribution in [0.2, 0.25) is 0 Å². The number of pyridine rings is 1. The Kier molecular flexibility index (Phi) is 12.6. The van der Waals surface area contributed by atoms with Gasteiger partial charge in [-0.2, -0.15) is 13.2 Å². The first kappa shape index (κ1) is 40.8. The summed E-state index contributed by atoms with van der Waals surface area (Å²) in [6, 6.07) is 11.9. The number of nitrogens with one attached hydrogen (secondary N) is 1. The van der Waals surface area contributed by atoms with Crippen LogP contribution in [0.5, 0.6) is 11.5 Å². The fourth-order valence-corrected chi connectivity index (χ4v) is 6.98. The molecular formula is C40H48F3N5O7. The maximum absolute atomic E-state index is 14.3. The highest BCUT2D eigenvalue weighted by Gasteiger charge is 2.57. The van der Waals surface area contributed by atoms with Crippen LogP contribution in [0.4, 0.5) is 34.3 Å². The Balaban J connectivity index is 1.45. The fraction of sp³-hybridized carbons (Fsp3) is 0.475. The highest BCUT2D eigenvalue weighted by Crippen LogP contribution is 2.37. The molecule has 5 amide bonds. The van der Waals surface area contributed by atoms with Crippen LogP contribution in [0.1, 0.15) is 64.0 Å². The Hall–Kier alpha value is -5.34. The van der Waals surface area contributed by atoms with Crippen LogP contribution in [0.15, 0.2) is 66.9 Å². The second kappa shape index (κ2) is 17.0. The number of hydrogen-bond donors (Lipinski definition) is 1. The van der Waals surface area contributed by atoms with E-state index in [0.29, 0.717) is 40.5 Å². The van der Waals surface area contributed by atoms with Crippen molar-refractivity contribution in [1.82, 2.24) is 15.2 Å². The Morgan fingerprint density at radius 2 is 1.51 bits per heavy atom. The molecular weight excluding hydrogens is 719 g/mol. The Labute approximate surface area is 318 Å². The molecule has 55 heavy (non-hydrogen) atoms. The van der Waals surface area contributed by atoms with Crippen LogP contribution in [0.3, 0.4) is 0 Å². The van der Waals surface area contributed by atoms with Crippen molar-refractivity contribution < 1.29 is 46.6 Å². The number of anilines is 2. The molecule has 3 atom stereocenters. The van der Waals surface area contributed by atoms with E-state index in [9.17, 15) is 32.3 Å². The number of carbonyl (C=O) groups is 4. The van der Waals surface area contributed by atoms with Gasteiger partial charge in [0.25, 0.3) is 5.91 Å². The van der Waals surface area contributed by atoms with Crippen molar-refractivity contribution in [2.75, 3.05) is 31.1 Å². The third-order valence-corrected chi connectivity index (χ3v) is 9.88. The van der Waals surface area contributed by atoms with Crippen LogP contribution in [0, 0.1) is 11.8 Å². The van der Waals surface area contributed by atoms with Gasteiger partial charge in [0.15, 0.2) is 0 Å². The number of rotatable bonds is 11. The summed E-state index contributed by atoms with van der Waals surface area (Å²) in [5.74, 6) is -2.08. The highest BCUT2D eigenvalue weighted by molar-refractivity contribution is 6.12. The van der Waals surface area contributed by atoms with Gasteiger partial charge in [-0.15, -0.1) is 0 Å². The third kappa shape index (κ3) is 9.86. The number of benzene rings is 2. The lowest BCUT2D eigenvalue weighted by Gasteiger charge is -2.46. The Morgan fingerprint density at radius 3 is 2.07 bits per heavy atom. The largest absolute Gasteiger partial charge is 0.497 e. The van der Waals surface area contributed by atoms with Gasteiger partial charge in [0.2, 0.25) is 5.91 Å². The second-order valence-electron chi connectivity index (χ2n) is 14.9. The van der Waals surface area contributed by atoms with E-state index in [1.807, 2.05) is 0 Å². The number of ether oxygens (including phenoxy) is 3. The number of halogens is 3. The fourth-order valence-electron chi connectivity index (χ4n) is 6.98. The summed E-state index contributed by atoms with van der Waals surface area (Å²) in [7, 11) is 4.49. The molecule has 296 valence electrons. The normalized spacial score (nSPS) is 18.1. The highest BCUT2D eigenvalue weighted by atomic mass is 19.4. The smallest absolute Gasteiger partial charge is 0.416 e. The lowest BCUT2D eigenvalue weighted by atomic mass is 9.81. The number of likely N-dealkylation sites (tertiary alicyclic amines) is 1. The minimum atomic E-state index is -4.76. The summed E-state index contributed by atoms with van der Waals surface area (Å²) >= 11 is 0. The standard InChI is InChI=1S/C40H48F3N5O7/c1-39(2,3)55-38(52)47(24-25-12-16-29(53-5)17-13-25)32-23-26(20-21-44-32)22-31-33(36(50)46(4)28-14-18-30(54-6)19-15-28)48(35(31)49)37(51)45-34(40(41,42)43)27-10-8-7-9-11-27/h12-21,23,27,31,33-34H,7-11,22,24H2,1-6H3,(H,45,51)/t31-,33+,34+/m1/s1. The van der Waals surface area contributed by atoms with Crippen molar-refractivity contribution in [3.8, 4) is 11.5 Å². The number of aromatic nitrogens is 1. The molecule has 0 spiro atoms. The average molecular weight is 768 g/mol. The first-order valence-corrected chi connectivity index (χ1v) is 18.2. The molecule has 2 fully saturated rings. The number of urea groups is 1. The first-order valence-electron chi connectivity index (χ1n) is 18.2. The molecule has 2 aliphatic rings. The Morgan fingerprint density at radius 1 is 0.909 bits per heavy atom. The van der Waals surface area contributed by atoms with Gasteiger partial charge in [-0.05, 0) is 106 Å². The zero-order valence-electron chi connectivity index (χ0n) is 31.9. The Bertz CT molecular complexity index is 1830. The van der Waals surface area contributed by atoms with Gasteiger partial charge in [0.05, 0.1) is 26.7 Å². The molecule has 0 bridgehead atoms. The van der Waals surface area contributed by atoms with Crippen molar-refractivity contribution in [3.05, 3.63) is 78.0 Å². The van der Waals surface area contributed by atoms with Gasteiger partial charge < -0.3 is 24.4 Å². The molecule has 12 nitrogen and oxygen atoms in total. The summed E-state index contributed by atoms with van der Waals surface area (Å²) in [5, 5.41) is 2.09. The summed E-state index contributed by atoms with van der Waals surface area (Å²) in [6.07, 6.45) is -1.49. The SMILES string of the molecule is COc1ccc(CN(C(=O)OC(C)(C)C)c2cc(C[C@H]3C(=O)N(C(=O)N[C@@H](C4CCCCC4)C(F)(F)F)[C@@H]3C(=O)N(C)c3ccc(OC)cc3)ccn2)cc1. The van der Waals surface area contributed by atoms with Crippen LogP contribution in [-0.4, -0.2) is 79.0 Å². The van der Waals surface area contributed by atoms with E-state index in [-0.39, 0.29) is 31.6 Å². The summed E-state index contributed by atoms with van der Waals surface area (Å²) in [4.78, 5) is 62.8. The van der Waals surface area contributed by atoms with Crippen LogP contribution < -0.4 is 24.6 Å². The molecule has 1 aromatic heterocycles. The molecule has 0 unspecified atom stereocenters. The van der Waals surface area contributed by atoms with Gasteiger partial charge in [-0.1, -0.05) is 31.4 Å². The van der Waals surface area contributed by atoms with E-state index >= 15 is 0 Å². The van der Waals surface area contributed by atoms with Crippen molar-refractivity contribution in [2.45, 2.75) is 89.7 Å². The molecule has 1 saturated carbocycles. The molecule has 1 aliphatic heterocycles. The van der Waals surface area contributed by atoms with E-state index in [1.165, 1.54) is 30.2 Å². The number of β-lactam (4-membered cyclic amide) rings is 1. The summed E-state index contributed by atoms with van der Waals surface area (Å²) in [6.45, 7) is 5.27. The molecule has 2 heterocycles. The number of amides is 5. The van der Waals surface area contributed by atoms with Crippen molar-refractivity contribution >= 4 is 35.4 Å². The van der Waals surface area contributed by atoms with Crippen LogP contribution in [0.25, 0.3) is 0 Å². The van der Waals surface area contributed by atoms with Gasteiger partial charge in [-0.3, -0.25) is 19.4 Å². The predicted molar refractivity (Wildman–Crippen MR) is 199 cm³/mol. The number of methoxy groups -OCH3 is 2. The minimum absolute atomic E-state index is 0.0702. The number of nitrogens with zero attached hydrogens (tertiary/aromatic N) is 4. The summed E-state index contributed by atoms with van der Waals surface area (Å²) < 4.78 is 59.2. The van der Waals surface area contributed by atoms with Crippen LogP contribution >= 0.6 is 0 Å². The monoisotopic (exact) mass is 767 g/mol. The average Bonchev–Trinajstić information content (AvgIpc) is 3.15. The lowest BCUT2D eigenvalue weighted by Crippen LogP contribution is -2.71. The third-order valence-electron chi connectivity index (χ3n) is 9.88. The van der Waals surface area contributed by atoms with E-state index in [2.05, 4.69) is 10.3 Å². The predicted octanol–water partition coefficient (Wildman–Crippen LogP) is 7.29. The maximum Gasteiger partial charge on any atom is 0.416 e. The van der Waals surface area contributed by atoms with Crippen molar-refractivity contribution in [1.29, 1.82) is 0 Å². The van der Waals surface area contributed by atoms with Gasteiger partial charge in [0.1, 0.15) is 35.0 Å². The second-order valence-corrected chi connectivity index (χ2v) is 14.9. The van der Waals surface area contributed by atoms with Gasteiger partial charge >= 0.3 is 18.3 Å². The molecule has 1 saturated heterocycles. The lowest BCUT2D eigenvalue weighted by molar-refractivity contribution is -0.170. The first-order chi connectivity index (χ1) is 26.0. The quantitative estimate of drug-likeness (QED) is 0.202. The number of carbonyl (C=O) groups excluding carboxylic acids is 4. The van der Waals surface area contributed by atoms with E-state index in [1.54, 1.807) is 88.5 Å². The van der Waals surface area contributed by atoms with Crippen molar-refractivity contribution in [3.63, 3.8) is 0 Å². The number of alkyl halides is 3. The molecule has 15 heteroatoms. The summed E-state index contributed by atoms with van der Waals surface area (Å²) in [5.41, 5.74) is 0.817. The van der Waals surface area contributed by atoms with Crippen LogP contribution in [-0.2, 0) is 27.3 Å². The molecule has 0 radical (unpaired) electrons. The van der Waals surface area contributed by atoms with E-state index in [0.717, 1.165) is 12.0 Å². The van der Waals surface area contributed by atoms with Crippen molar-refractivity contribution in [2.24, 2.45) is 11.8 Å². The molecule has 2 aromatic carbocycles. The zero-order valence-corrected chi connectivity index (χ0v) is 31.9. The molecule has 1 N–H and O–H groups in total.